The van der Waals surface area contributed by atoms with E-state index in [1.165, 1.54) is 0 Å². The SMILES string of the molecule is CCOC1C[C@@H](O)C(O[C@@H]2CC(O)[C@H](O)[C@@H](CO)O2)C(CO)O1. The lowest BCUT2D eigenvalue weighted by molar-refractivity contribution is -0.320. The normalized spacial score (nSPS) is 45.1. The average Bonchev–Trinajstić information content (AvgIpc) is 2.53. The minimum Gasteiger partial charge on any atom is -0.394 e. The molecular weight excluding hydrogens is 312 g/mol. The maximum absolute atomic E-state index is 10.2. The summed E-state index contributed by atoms with van der Waals surface area (Å²) in [6.07, 6.45) is -7.33. The Labute approximate surface area is 134 Å². The van der Waals surface area contributed by atoms with Crippen LogP contribution >= 0.6 is 0 Å². The van der Waals surface area contributed by atoms with Gasteiger partial charge in [0.25, 0.3) is 0 Å². The zero-order valence-corrected chi connectivity index (χ0v) is 13.0. The second-order valence-corrected chi connectivity index (χ2v) is 5.73. The Balaban J connectivity index is 1.97. The minimum absolute atomic E-state index is 0.0199. The van der Waals surface area contributed by atoms with E-state index in [0.717, 1.165) is 0 Å². The first-order valence-electron chi connectivity index (χ1n) is 7.84. The van der Waals surface area contributed by atoms with Crippen LogP contribution in [0.4, 0.5) is 0 Å². The van der Waals surface area contributed by atoms with Crippen molar-refractivity contribution >= 4 is 0 Å². The van der Waals surface area contributed by atoms with Crippen LogP contribution in [-0.4, -0.2) is 94.6 Å². The quantitative estimate of drug-likeness (QED) is 0.362. The monoisotopic (exact) mass is 338 g/mol. The standard InChI is InChI=1S/C14H26O9/c1-2-20-11-4-8(18)14(10(6-16)22-11)23-12-3-7(17)13(19)9(5-15)21-12/h7-19H,2-6H2,1H3/t7?,8-,9-,10?,11?,12-,13+,14?/m1/s1. The molecule has 0 aromatic rings. The van der Waals surface area contributed by atoms with Crippen molar-refractivity contribution in [2.45, 2.75) is 69.0 Å². The van der Waals surface area contributed by atoms with Gasteiger partial charge in [0.2, 0.25) is 0 Å². The van der Waals surface area contributed by atoms with Crippen LogP contribution in [0.25, 0.3) is 0 Å². The Bertz CT molecular complexity index is 355. The molecule has 0 bridgehead atoms. The zero-order chi connectivity index (χ0) is 17.0. The molecular formula is C14H26O9. The largest absolute Gasteiger partial charge is 0.394 e. The fourth-order valence-corrected chi connectivity index (χ4v) is 2.85. The lowest BCUT2D eigenvalue weighted by atomic mass is 10.00. The third-order valence-corrected chi connectivity index (χ3v) is 4.06. The minimum atomic E-state index is -1.21. The van der Waals surface area contributed by atoms with Crippen molar-refractivity contribution < 1.29 is 44.5 Å². The maximum atomic E-state index is 10.2. The Morgan fingerprint density at radius 3 is 2.13 bits per heavy atom. The number of aliphatic hydroxyl groups excluding tert-OH is 5. The van der Waals surface area contributed by atoms with Crippen LogP contribution in [0.1, 0.15) is 19.8 Å². The highest BCUT2D eigenvalue weighted by Crippen LogP contribution is 2.28. The van der Waals surface area contributed by atoms with E-state index in [0.29, 0.717) is 6.61 Å². The van der Waals surface area contributed by atoms with E-state index in [-0.39, 0.29) is 19.4 Å². The number of hydrogen-bond acceptors (Lipinski definition) is 9. The molecule has 9 heteroatoms. The smallest absolute Gasteiger partial charge is 0.161 e. The molecule has 0 spiro atoms. The summed E-state index contributed by atoms with van der Waals surface area (Å²) in [4.78, 5) is 0. The lowest BCUT2D eigenvalue weighted by Crippen LogP contribution is -2.56. The molecule has 8 atom stereocenters. The van der Waals surface area contributed by atoms with Crippen LogP contribution < -0.4 is 0 Å². The second-order valence-electron chi connectivity index (χ2n) is 5.73. The van der Waals surface area contributed by atoms with E-state index in [1.54, 1.807) is 6.92 Å². The van der Waals surface area contributed by atoms with Gasteiger partial charge in [0.05, 0.1) is 25.4 Å². The molecule has 4 unspecified atom stereocenters. The van der Waals surface area contributed by atoms with E-state index >= 15 is 0 Å². The fraction of sp³-hybridized carbons (Fsp3) is 1.00. The predicted octanol–water partition coefficient (Wildman–Crippen LogP) is -2.29. The first kappa shape index (κ1) is 19.0. The molecule has 0 radical (unpaired) electrons. The van der Waals surface area contributed by atoms with Crippen molar-refractivity contribution in [1.82, 2.24) is 0 Å². The van der Waals surface area contributed by atoms with E-state index in [1.807, 2.05) is 0 Å². The second kappa shape index (κ2) is 8.65. The van der Waals surface area contributed by atoms with Crippen LogP contribution in [0.5, 0.6) is 0 Å². The molecule has 9 nitrogen and oxygen atoms in total. The Morgan fingerprint density at radius 2 is 1.52 bits per heavy atom. The fourth-order valence-electron chi connectivity index (χ4n) is 2.85. The summed E-state index contributed by atoms with van der Waals surface area (Å²) in [5.74, 6) is 0. The van der Waals surface area contributed by atoms with Crippen LogP contribution in [0.15, 0.2) is 0 Å². The first-order chi connectivity index (χ1) is 11.0. The number of hydrogen-bond donors (Lipinski definition) is 5. The van der Waals surface area contributed by atoms with Gasteiger partial charge in [0.15, 0.2) is 12.6 Å². The molecule has 23 heavy (non-hydrogen) atoms. The van der Waals surface area contributed by atoms with Gasteiger partial charge in [0.1, 0.15) is 24.4 Å². The van der Waals surface area contributed by atoms with Crippen LogP contribution in [0.3, 0.4) is 0 Å². The predicted molar refractivity (Wildman–Crippen MR) is 75.2 cm³/mol. The molecule has 2 aliphatic heterocycles. The zero-order valence-electron chi connectivity index (χ0n) is 13.0. The number of ether oxygens (including phenoxy) is 4. The van der Waals surface area contributed by atoms with Crippen LogP contribution in [0, 0.1) is 0 Å². The summed E-state index contributed by atoms with van der Waals surface area (Å²) in [7, 11) is 0. The summed E-state index contributed by atoms with van der Waals surface area (Å²) in [6, 6.07) is 0. The highest BCUT2D eigenvalue weighted by molar-refractivity contribution is 4.87. The van der Waals surface area contributed by atoms with E-state index in [9.17, 15) is 20.4 Å². The highest BCUT2D eigenvalue weighted by atomic mass is 16.7. The molecule has 2 rings (SSSR count). The number of rotatable bonds is 6. The molecule has 0 aliphatic carbocycles. The van der Waals surface area contributed by atoms with Crippen LogP contribution in [0.2, 0.25) is 0 Å². The van der Waals surface area contributed by atoms with Crippen molar-refractivity contribution in [3.05, 3.63) is 0 Å². The Morgan fingerprint density at radius 1 is 0.913 bits per heavy atom. The molecule has 0 aromatic heterocycles. The van der Waals surface area contributed by atoms with Crippen molar-refractivity contribution in [2.24, 2.45) is 0 Å². The van der Waals surface area contributed by atoms with Gasteiger partial charge in [-0.3, -0.25) is 0 Å². The molecule has 2 fully saturated rings. The maximum Gasteiger partial charge on any atom is 0.161 e. The van der Waals surface area contributed by atoms with Crippen molar-refractivity contribution in [2.75, 3.05) is 19.8 Å². The first-order valence-corrected chi connectivity index (χ1v) is 7.84. The molecule has 2 heterocycles. The summed E-state index contributed by atoms with van der Waals surface area (Å²) in [6.45, 7) is 1.35. The average molecular weight is 338 g/mol. The molecule has 0 amide bonds. The van der Waals surface area contributed by atoms with Gasteiger partial charge in [-0.2, -0.15) is 0 Å². The molecule has 0 saturated carbocycles. The highest BCUT2D eigenvalue weighted by Gasteiger charge is 2.43. The van der Waals surface area contributed by atoms with Gasteiger partial charge >= 0.3 is 0 Å². The van der Waals surface area contributed by atoms with Crippen LogP contribution in [-0.2, 0) is 18.9 Å². The van der Waals surface area contributed by atoms with Gasteiger partial charge in [-0.25, -0.2) is 0 Å². The number of aliphatic hydroxyl groups is 5. The molecule has 5 N–H and O–H groups in total. The van der Waals surface area contributed by atoms with Gasteiger partial charge in [-0.05, 0) is 6.92 Å². The third kappa shape index (κ3) is 4.59. The summed E-state index contributed by atoms with van der Waals surface area (Å²) in [5, 5.41) is 48.3. The van der Waals surface area contributed by atoms with Crippen molar-refractivity contribution in [3.63, 3.8) is 0 Å². The molecule has 2 saturated heterocycles. The summed E-state index contributed by atoms with van der Waals surface area (Å²) >= 11 is 0. The van der Waals surface area contributed by atoms with E-state index in [4.69, 9.17) is 24.1 Å². The molecule has 2 aliphatic rings. The third-order valence-electron chi connectivity index (χ3n) is 4.06. The van der Waals surface area contributed by atoms with Gasteiger partial charge in [-0.1, -0.05) is 0 Å². The summed E-state index contributed by atoms with van der Waals surface area (Å²) < 4.78 is 21.8. The van der Waals surface area contributed by atoms with E-state index in [2.05, 4.69) is 0 Å². The van der Waals surface area contributed by atoms with E-state index < -0.39 is 55.8 Å². The van der Waals surface area contributed by atoms with Gasteiger partial charge in [0, 0.05) is 19.4 Å². The van der Waals surface area contributed by atoms with Crippen molar-refractivity contribution in [3.8, 4) is 0 Å². The van der Waals surface area contributed by atoms with Gasteiger partial charge in [-0.15, -0.1) is 0 Å². The lowest BCUT2D eigenvalue weighted by Gasteiger charge is -2.42. The van der Waals surface area contributed by atoms with Crippen molar-refractivity contribution in [1.29, 1.82) is 0 Å². The van der Waals surface area contributed by atoms with Gasteiger partial charge < -0.3 is 44.5 Å². The Hall–Kier alpha value is -0.360. The Kier molecular flexibility index (Phi) is 7.14. The summed E-state index contributed by atoms with van der Waals surface area (Å²) in [5.41, 5.74) is 0. The molecule has 0 aromatic carbocycles. The topological polar surface area (TPSA) is 138 Å². The molecule has 136 valence electrons.